The molecule has 6 rings (SSSR count). The van der Waals surface area contributed by atoms with Gasteiger partial charge in [-0.15, -0.1) is 0 Å². The number of carbonyl (C=O) groups excluding carboxylic acids is 1. The molecule has 39 heavy (non-hydrogen) atoms. The van der Waals surface area contributed by atoms with Crippen molar-refractivity contribution in [1.29, 1.82) is 0 Å². The fraction of sp³-hybridized carbons (Fsp3) is 0.152. The number of alkyl carbamates (subject to hydrolysis) is 1. The van der Waals surface area contributed by atoms with Crippen molar-refractivity contribution in [1.82, 2.24) is 15.3 Å². The molecule has 1 aromatic heterocycles. The average molecular weight is 516 g/mol. The number of aromatic amines is 1. The standard InChI is InChI=1S/C33H29N3O3/c1-38-26-14-7-12-24(18-26)31-20-34-32(35-31)30(17-22-9-3-2-4-10-22)36-33(37)39-21-25-13-8-16-28-27-15-6-5-11-23(27)19-29(25)28/h2-16,18,20,30H,17,19,21H2,1H3,(H,34,35)(H,36,37). The molecule has 1 unspecified atom stereocenters. The highest BCUT2D eigenvalue weighted by Gasteiger charge is 2.23. The van der Waals surface area contributed by atoms with Crippen LogP contribution in [0.1, 0.15) is 34.1 Å². The van der Waals surface area contributed by atoms with Crippen molar-refractivity contribution >= 4 is 6.09 Å². The summed E-state index contributed by atoms with van der Waals surface area (Å²) in [6.45, 7) is 0.203. The highest BCUT2D eigenvalue weighted by molar-refractivity contribution is 5.78. The molecule has 1 amide bonds. The molecule has 0 aliphatic heterocycles. The fourth-order valence-electron chi connectivity index (χ4n) is 5.20. The number of ether oxygens (including phenoxy) is 2. The summed E-state index contributed by atoms with van der Waals surface area (Å²) in [5, 5.41) is 3.04. The normalized spacial score (nSPS) is 12.3. The number of carbonyl (C=O) groups is 1. The van der Waals surface area contributed by atoms with Gasteiger partial charge in [0.1, 0.15) is 18.2 Å². The van der Waals surface area contributed by atoms with Gasteiger partial charge in [0.15, 0.2) is 0 Å². The number of nitrogens with zero attached hydrogens (tertiary/aromatic N) is 1. The van der Waals surface area contributed by atoms with Crippen molar-refractivity contribution in [3.8, 4) is 28.1 Å². The topological polar surface area (TPSA) is 76.2 Å². The minimum absolute atomic E-state index is 0.203. The van der Waals surface area contributed by atoms with Gasteiger partial charge in [0, 0.05) is 12.0 Å². The Morgan fingerprint density at radius 3 is 2.62 bits per heavy atom. The molecule has 0 spiro atoms. The van der Waals surface area contributed by atoms with E-state index in [1.165, 1.54) is 22.3 Å². The second-order valence-electron chi connectivity index (χ2n) is 9.65. The number of aromatic nitrogens is 2. The zero-order chi connectivity index (χ0) is 26.6. The van der Waals surface area contributed by atoms with Crippen LogP contribution in [0.2, 0.25) is 0 Å². The van der Waals surface area contributed by atoms with Gasteiger partial charge in [-0.1, -0.05) is 84.9 Å². The summed E-state index contributed by atoms with van der Waals surface area (Å²) in [5.41, 5.74) is 8.90. The lowest BCUT2D eigenvalue weighted by atomic mass is 10.0. The maximum absolute atomic E-state index is 13.1. The molecule has 1 aliphatic carbocycles. The van der Waals surface area contributed by atoms with Crippen LogP contribution in [0, 0.1) is 0 Å². The highest BCUT2D eigenvalue weighted by atomic mass is 16.5. The molecule has 0 fully saturated rings. The smallest absolute Gasteiger partial charge is 0.408 e. The first-order valence-corrected chi connectivity index (χ1v) is 13.0. The van der Waals surface area contributed by atoms with Crippen LogP contribution in [0.5, 0.6) is 5.75 Å². The molecule has 0 saturated heterocycles. The maximum Gasteiger partial charge on any atom is 0.408 e. The first-order chi connectivity index (χ1) is 19.2. The van der Waals surface area contributed by atoms with E-state index < -0.39 is 12.1 Å². The Kier molecular flexibility index (Phi) is 6.83. The van der Waals surface area contributed by atoms with Gasteiger partial charge in [-0.3, -0.25) is 0 Å². The zero-order valence-electron chi connectivity index (χ0n) is 21.7. The number of hydrogen-bond donors (Lipinski definition) is 2. The summed E-state index contributed by atoms with van der Waals surface area (Å²) >= 11 is 0. The zero-order valence-corrected chi connectivity index (χ0v) is 21.7. The molecule has 5 aromatic rings. The Hall–Kier alpha value is -4.84. The number of imidazole rings is 1. The molecule has 0 radical (unpaired) electrons. The lowest BCUT2D eigenvalue weighted by molar-refractivity contribution is 0.135. The minimum Gasteiger partial charge on any atom is -0.497 e. The summed E-state index contributed by atoms with van der Waals surface area (Å²) in [4.78, 5) is 21.1. The second kappa shape index (κ2) is 10.9. The van der Waals surface area contributed by atoms with Gasteiger partial charge in [0.25, 0.3) is 0 Å². The van der Waals surface area contributed by atoms with Crippen LogP contribution in [0.3, 0.4) is 0 Å². The maximum atomic E-state index is 13.1. The predicted molar refractivity (Wildman–Crippen MR) is 151 cm³/mol. The summed E-state index contributed by atoms with van der Waals surface area (Å²) in [6.07, 6.45) is 2.71. The fourth-order valence-corrected chi connectivity index (χ4v) is 5.20. The molecule has 1 heterocycles. The van der Waals surface area contributed by atoms with E-state index in [-0.39, 0.29) is 6.61 Å². The number of rotatable bonds is 8. The number of hydrogen-bond acceptors (Lipinski definition) is 4. The van der Waals surface area contributed by atoms with Gasteiger partial charge >= 0.3 is 6.09 Å². The molecular weight excluding hydrogens is 486 g/mol. The van der Waals surface area contributed by atoms with E-state index in [2.05, 4.69) is 45.6 Å². The molecular formula is C33H29N3O3. The number of benzene rings is 4. The molecule has 4 aromatic carbocycles. The highest BCUT2D eigenvalue weighted by Crippen LogP contribution is 2.38. The van der Waals surface area contributed by atoms with Crippen LogP contribution in [-0.2, 0) is 24.2 Å². The van der Waals surface area contributed by atoms with Gasteiger partial charge in [-0.2, -0.15) is 0 Å². The third-order valence-electron chi connectivity index (χ3n) is 7.19. The number of nitrogens with one attached hydrogen (secondary N) is 2. The monoisotopic (exact) mass is 515 g/mol. The van der Waals surface area contributed by atoms with E-state index in [9.17, 15) is 4.79 Å². The molecule has 2 N–H and O–H groups in total. The van der Waals surface area contributed by atoms with E-state index in [1.807, 2.05) is 66.7 Å². The van der Waals surface area contributed by atoms with E-state index in [0.717, 1.165) is 34.6 Å². The Morgan fingerprint density at radius 1 is 0.949 bits per heavy atom. The van der Waals surface area contributed by atoms with Crippen LogP contribution < -0.4 is 10.1 Å². The van der Waals surface area contributed by atoms with Crippen LogP contribution in [0.4, 0.5) is 4.79 Å². The number of H-pyrrole nitrogens is 1. The summed E-state index contributed by atoms with van der Waals surface area (Å²) < 4.78 is 11.1. The molecule has 0 saturated carbocycles. The van der Waals surface area contributed by atoms with E-state index in [0.29, 0.717) is 12.2 Å². The van der Waals surface area contributed by atoms with Crippen LogP contribution in [-0.4, -0.2) is 23.2 Å². The lowest BCUT2D eigenvalue weighted by Crippen LogP contribution is -2.31. The summed E-state index contributed by atoms with van der Waals surface area (Å²) in [5.74, 6) is 1.42. The van der Waals surface area contributed by atoms with Crippen molar-refractivity contribution < 1.29 is 14.3 Å². The number of methoxy groups -OCH3 is 1. The van der Waals surface area contributed by atoms with Gasteiger partial charge in [-0.05, 0) is 51.9 Å². The first kappa shape index (κ1) is 24.5. The van der Waals surface area contributed by atoms with E-state index >= 15 is 0 Å². The quantitative estimate of drug-likeness (QED) is 0.232. The SMILES string of the molecule is COc1cccc(-c2cnc(C(Cc3ccccc3)NC(=O)OCc3cccc4c3Cc3ccccc3-4)[nH]2)c1. The van der Waals surface area contributed by atoms with Crippen molar-refractivity contribution in [3.63, 3.8) is 0 Å². The Morgan fingerprint density at radius 2 is 1.74 bits per heavy atom. The third-order valence-corrected chi connectivity index (χ3v) is 7.19. The van der Waals surface area contributed by atoms with Gasteiger partial charge in [0.05, 0.1) is 25.0 Å². The Balaban J connectivity index is 1.19. The molecule has 6 nitrogen and oxygen atoms in total. The van der Waals surface area contributed by atoms with Gasteiger partial charge < -0.3 is 19.8 Å². The third kappa shape index (κ3) is 5.27. The van der Waals surface area contributed by atoms with E-state index in [1.54, 1.807) is 13.3 Å². The van der Waals surface area contributed by atoms with E-state index in [4.69, 9.17) is 9.47 Å². The molecule has 1 atom stereocenters. The van der Waals surface area contributed by atoms with Gasteiger partial charge in [0.2, 0.25) is 0 Å². The molecule has 1 aliphatic rings. The van der Waals surface area contributed by atoms with Crippen molar-refractivity contribution in [2.24, 2.45) is 0 Å². The largest absolute Gasteiger partial charge is 0.497 e. The Bertz CT molecular complexity index is 1610. The number of fused-ring (bicyclic) bond motifs is 3. The first-order valence-electron chi connectivity index (χ1n) is 13.0. The van der Waals surface area contributed by atoms with Crippen LogP contribution in [0.15, 0.2) is 103 Å². The summed E-state index contributed by atoms with van der Waals surface area (Å²) in [7, 11) is 1.64. The Labute approximate surface area is 227 Å². The molecule has 0 bridgehead atoms. The predicted octanol–water partition coefficient (Wildman–Crippen LogP) is 6.87. The van der Waals surface area contributed by atoms with Gasteiger partial charge in [-0.25, -0.2) is 9.78 Å². The summed E-state index contributed by atoms with van der Waals surface area (Å²) in [6, 6.07) is 32.0. The van der Waals surface area contributed by atoms with Crippen LogP contribution in [0.25, 0.3) is 22.4 Å². The van der Waals surface area contributed by atoms with Crippen LogP contribution >= 0.6 is 0 Å². The molecule has 6 heteroatoms. The lowest BCUT2D eigenvalue weighted by Gasteiger charge is -2.17. The molecule has 194 valence electrons. The minimum atomic E-state index is -0.483. The average Bonchev–Trinajstić information content (AvgIpc) is 3.62. The number of amides is 1. The van der Waals surface area contributed by atoms with Crippen molar-refractivity contribution in [3.05, 3.63) is 131 Å². The van der Waals surface area contributed by atoms with Crippen molar-refractivity contribution in [2.75, 3.05) is 7.11 Å². The second-order valence-corrected chi connectivity index (χ2v) is 9.65. The van der Waals surface area contributed by atoms with Crippen molar-refractivity contribution in [2.45, 2.75) is 25.5 Å².